The lowest BCUT2D eigenvalue weighted by atomic mass is 10.3. The Kier molecular flexibility index (Phi) is 3.38. The van der Waals surface area contributed by atoms with Crippen molar-refractivity contribution < 1.29 is 31.1 Å². The Morgan fingerprint density at radius 2 is 2.00 bits per heavy atom. The molecule has 2 fully saturated rings. The highest BCUT2D eigenvalue weighted by Crippen LogP contribution is 2.37. The van der Waals surface area contributed by atoms with Gasteiger partial charge in [0.15, 0.2) is 0 Å². The third-order valence-electron chi connectivity index (χ3n) is 3.51. The highest BCUT2D eigenvalue weighted by atomic mass is 32.2. The highest BCUT2D eigenvalue weighted by molar-refractivity contribution is 7.89. The molecule has 0 amide bonds. The maximum absolute atomic E-state index is 12.6. The van der Waals surface area contributed by atoms with Crippen molar-refractivity contribution >= 4 is 10.0 Å². The first kappa shape index (κ1) is 14.6. The second kappa shape index (κ2) is 4.85. The second-order valence-corrected chi connectivity index (χ2v) is 6.77. The Labute approximate surface area is 119 Å². The predicted molar refractivity (Wildman–Crippen MR) is 65.2 cm³/mol. The van der Waals surface area contributed by atoms with Gasteiger partial charge in [0.1, 0.15) is 10.6 Å². The van der Waals surface area contributed by atoms with Gasteiger partial charge in [0.2, 0.25) is 10.0 Å². The summed E-state index contributed by atoms with van der Waals surface area (Å²) < 4.78 is 72.6. The fourth-order valence-electron chi connectivity index (χ4n) is 2.66. The molecule has 2 atom stereocenters. The van der Waals surface area contributed by atoms with Crippen LogP contribution in [0.25, 0.3) is 0 Å². The molecule has 9 heteroatoms. The monoisotopic (exact) mass is 323 g/mol. The molecule has 5 nitrogen and oxygen atoms in total. The number of hydrogen-bond acceptors (Lipinski definition) is 4. The van der Waals surface area contributed by atoms with Crippen LogP contribution in [0.15, 0.2) is 29.2 Å². The van der Waals surface area contributed by atoms with Crippen LogP contribution < -0.4 is 4.74 Å². The minimum absolute atomic E-state index is 0.160. The first-order chi connectivity index (χ1) is 9.77. The van der Waals surface area contributed by atoms with Gasteiger partial charge >= 0.3 is 6.36 Å². The number of benzene rings is 1. The SMILES string of the molecule is O=S(=O)(c1ccccc1OC(F)(F)F)N1C[C@H]2C[C@H]1CO2. The Balaban J connectivity index is 1.96. The van der Waals surface area contributed by atoms with Crippen molar-refractivity contribution in [1.29, 1.82) is 0 Å². The summed E-state index contributed by atoms with van der Waals surface area (Å²) in [4.78, 5) is -0.477. The molecule has 0 aliphatic carbocycles. The van der Waals surface area contributed by atoms with Gasteiger partial charge in [0, 0.05) is 6.54 Å². The van der Waals surface area contributed by atoms with E-state index in [1.165, 1.54) is 16.4 Å². The Morgan fingerprint density at radius 3 is 2.57 bits per heavy atom. The molecule has 2 saturated heterocycles. The molecule has 3 rings (SSSR count). The van der Waals surface area contributed by atoms with Gasteiger partial charge in [-0.15, -0.1) is 13.2 Å². The molecule has 2 heterocycles. The molecule has 2 bridgehead atoms. The van der Waals surface area contributed by atoms with Crippen LogP contribution in [0, 0.1) is 0 Å². The fraction of sp³-hybridized carbons (Fsp3) is 0.500. The quantitative estimate of drug-likeness (QED) is 0.850. The summed E-state index contributed by atoms with van der Waals surface area (Å²) in [5.74, 6) is -0.714. The number of fused-ring (bicyclic) bond motifs is 2. The van der Waals surface area contributed by atoms with Crippen LogP contribution in [0.1, 0.15) is 6.42 Å². The highest BCUT2D eigenvalue weighted by Gasteiger charge is 2.46. The van der Waals surface area contributed by atoms with Crippen LogP contribution in [0.3, 0.4) is 0 Å². The predicted octanol–water partition coefficient (Wildman–Crippen LogP) is 1.75. The van der Waals surface area contributed by atoms with E-state index in [4.69, 9.17) is 4.74 Å². The van der Waals surface area contributed by atoms with Gasteiger partial charge in [-0.1, -0.05) is 12.1 Å². The Morgan fingerprint density at radius 1 is 1.29 bits per heavy atom. The van der Waals surface area contributed by atoms with Crippen LogP contribution >= 0.6 is 0 Å². The second-order valence-electron chi connectivity index (χ2n) is 4.91. The van der Waals surface area contributed by atoms with Crippen LogP contribution in [0.2, 0.25) is 0 Å². The molecule has 0 radical (unpaired) electrons. The number of ether oxygens (including phenoxy) is 2. The number of para-hydroxylation sites is 1. The smallest absolute Gasteiger partial charge is 0.404 e. The van der Waals surface area contributed by atoms with E-state index in [1.54, 1.807) is 0 Å². The Bertz CT molecular complexity index is 646. The van der Waals surface area contributed by atoms with E-state index in [9.17, 15) is 21.6 Å². The molecular formula is C12H12F3NO4S. The van der Waals surface area contributed by atoms with E-state index in [1.807, 2.05) is 0 Å². The molecule has 0 aromatic heterocycles. The minimum atomic E-state index is -4.95. The van der Waals surface area contributed by atoms with E-state index in [-0.39, 0.29) is 25.3 Å². The first-order valence-electron chi connectivity index (χ1n) is 6.25. The molecular weight excluding hydrogens is 311 g/mol. The Hall–Kier alpha value is -1.32. The van der Waals surface area contributed by atoms with Crippen molar-refractivity contribution in [2.24, 2.45) is 0 Å². The summed E-state index contributed by atoms with van der Waals surface area (Å²) in [5.41, 5.74) is 0. The average Bonchev–Trinajstić information content (AvgIpc) is 2.99. The standard InChI is InChI=1S/C12H12F3NO4S/c13-12(14,15)20-10-3-1-2-4-11(10)21(17,18)16-6-9-5-8(16)7-19-9/h1-4,8-9H,5-7H2/t8-,9+/m0/s1. The summed E-state index contributed by atoms with van der Waals surface area (Å²) in [6.45, 7) is 0.430. The lowest BCUT2D eigenvalue weighted by molar-refractivity contribution is -0.275. The van der Waals surface area contributed by atoms with Crippen molar-refractivity contribution in [2.75, 3.05) is 13.2 Å². The van der Waals surface area contributed by atoms with Crippen LogP contribution in [0.4, 0.5) is 13.2 Å². The van der Waals surface area contributed by atoms with Crippen molar-refractivity contribution in [2.45, 2.75) is 29.8 Å². The summed E-state index contributed by atoms with van der Waals surface area (Å²) in [6.07, 6.45) is -4.55. The lowest BCUT2D eigenvalue weighted by Gasteiger charge is -2.26. The molecule has 0 spiro atoms. The lowest BCUT2D eigenvalue weighted by Crippen LogP contribution is -2.41. The van der Waals surface area contributed by atoms with E-state index in [2.05, 4.69) is 4.74 Å². The number of rotatable bonds is 3. The fourth-order valence-corrected chi connectivity index (χ4v) is 4.43. The van der Waals surface area contributed by atoms with Crippen molar-refractivity contribution in [3.05, 3.63) is 24.3 Å². The molecule has 1 aromatic carbocycles. The van der Waals surface area contributed by atoms with Crippen LogP contribution in [-0.2, 0) is 14.8 Å². The molecule has 0 unspecified atom stereocenters. The number of sulfonamides is 1. The zero-order valence-electron chi connectivity index (χ0n) is 10.7. The van der Waals surface area contributed by atoms with E-state index >= 15 is 0 Å². The summed E-state index contributed by atoms with van der Waals surface area (Å²) in [7, 11) is -4.04. The molecule has 21 heavy (non-hydrogen) atoms. The van der Waals surface area contributed by atoms with Crippen LogP contribution in [-0.4, -0.2) is 44.4 Å². The number of alkyl halides is 3. The van der Waals surface area contributed by atoms with Gasteiger partial charge in [-0.2, -0.15) is 4.31 Å². The van der Waals surface area contributed by atoms with Gasteiger partial charge in [-0.05, 0) is 18.6 Å². The number of halogens is 3. The molecule has 1 aromatic rings. The third-order valence-corrected chi connectivity index (χ3v) is 5.47. The molecule has 2 aliphatic rings. The van der Waals surface area contributed by atoms with Gasteiger partial charge in [0.25, 0.3) is 0 Å². The maximum atomic E-state index is 12.6. The molecule has 116 valence electrons. The topological polar surface area (TPSA) is 55.8 Å². The van der Waals surface area contributed by atoms with Crippen molar-refractivity contribution in [3.8, 4) is 5.75 Å². The van der Waals surface area contributed by atoms with Crippen LogP contribution in [0.5, 0.6) is 5.75 Å². The number of morpholine rings is 1. The zero-order valence-corrected chi connectivity index (χ0v) is 11.5. The maximum Gasteiger partial charge on any atom is 0.573 e. The van der Waals surface area contributed by atoms with Crippen molar-refractivity contribution in [3.63, 3.8) is 0 Å². The normalized spacial score (nSPS) is 26.2. The van der Waals surface area contributed by atoms with E-state index < -0.39 is 27.0 Å². The average molecular weight is 323 g/mol. The van der Waals surface area contributed by atoms with E-state index in [0.717, 1.165) is 12.1 Å². The first-order valence-corrected chi connectivity index (χ1v) is 7.69. The molecule has 0 N–H and O–H groups in total. The van der Waals surface area contributed by atoms with E-state index in [0.29, 0.717) is 6.42 Å². The zero-order chi connectivity index (χ0) is 15.3. The van der Waals surface area contributed by atoms with Gasteiger partial charge in [-0.25, -0.2) is 8.42 Å². The third kappa shape index (κ3) is 2.72. The molecule has 2 aliphatic heterocycles. The molecule has 0 saturated carbocycles. The minimum Gasteiger partial charge on any atom is -0.404 e. The summed E-state index contributed by atoms with van der Waals surface area (Å²) in [6, 6.07) is 4.44. The summed E-state index contributed by atoms with van der Waals surface area (Å²) >= 11 is 0. The van der Waals surface area contributed by atoms with Gasteiger partial charge in [0.05, 0.1) is 18.8 Å². The summed E-state index contributed by atoms with van der Waals surface area (Å²) in [5, 5.41) is 0. The number of hydrogen-bond donors (Lipinski definition) is 0. The van der Waals surface area contributed by atoms with Gasteiger partial charge in [-0.3, -0.25) is 0 Å². The largest absolute Gasteiger partial charge is 0.573 e. The number of nitrogens with zero attached hydrogens (tertiary/aromatic N) is 1. The van der Waals surface area contributed by atoms with Crippen molar-refractivity contribution in [1.82, 2.24) is 4.31 Å². The van der Waals surface area contributed by atoms with Gasteiger partial charge < -0.3 is 9.47 Å².